The number of methoxy groups -OCH3 is 1. The van der Waals surface area contributed by atoms with E-state index in [1.165, 1.54) is 12.3 Å². The van der Waals surface area contributed by atoms with Crippen LogP contribution in [0, 0.1) is 0 Å². The molecule has 0 aromatic carbocycles. The van der Waals surface area contributed by atoms with Crippen LogP contribution in [0.2, 0.25) is 0 Å². The fourth-order valence-electron chi connectivity index (χ4n) is 2.48. The molecule has 0 aliphatic carbocycles. The molecule has 1 aliphatic rings. The lowest BCUT2D eigenvalue weighted by Gasteiger charge is -2.19. The van der Waals surface area contributed by atoms with E-state index < -0.39 is 5.97 Å². The van der Waals surface area contributed by atoms with Crippen molar-refractivity contribution < 1.29 is 19.4 Å². The van der Waals surface area contributed by atoms with Gasteiger partial charge in [0.2, 0.25) is 0 Å². The zero-order valence-electron chi connectivity index (χ0n) is 12.6. The molecule has 0 saturated carbocycles. The number of aromatic carboxylic acids is 1. The topological polar surface area (TPSA) is 104 Å². The summed E-state index contributed by atoms with van der Waals surface area (Å²) in [6.45, 7) is 3.50. The van der Waals surface area contributed by atoms with Gasteiger partial charge in [0, 0.05) is 38.6 Å². The molecule has 3 N–H and O–H groups in total. The van der Waals surface area contributed by atoms with Crippen LogP contribution in [0.25, 0.3) is 0 Å². The number of rotatable bonds is 5. The smallest absolute Gasteiger partial charge is 0.354 e. The maximum absolute atomic E-state index is 11.7. The van der Waals surface area contributed by atoms with Crippen LogP contribution in [0.4, 0.5) is 10.5 Å². The van der Waals surface area contributed by atoms with Crippen molar-refractivity contribution in [1.29, 1.82) is 0 Å². The van der Waals surface area contributed by atoms with Crippen molar-refractivity contribution in [2.75, 3.05) is 31.6 Å². The molecule has 1 aromatic heterocycles. The van der Waals surface area contributed by atoms with E-state index in [0.717, 1.165) is 5.69 Å². The summed E-state index contributed by atoms with van der Waals surface area (Å²) in [5.41, 5.74) is 0.737. The van der Waals surface area contributed by atoms with Crippen molar-refractivity contribution in [2.45, 2.75) is 19.1 Å². The number of carbonyl (C=O) groups is 2. The minimum absolute atomic E-state index is 0.00778. The van der Waals surface area contributed by atoms with Gasteiger partial charge in [-0.1, -0.05) is 0 Å². The Morgan fingerprint density at radius 1 is 1.50 bits per heavy atom. The van der Waals surface area contributed by atoms with Gasteiger partial charge in [0.1, 0.15) is 5.69 Å². The van der Waals surface area contributed by atoms with E-state index in [9.17, 15) is 9.59 Å². The molecule has 1 saturated heterocycles. The van der Waals surface area contributed by atoms with E-state index >= 15 is 0 Å². The summed E-state index contributed by atoms with van der Waals surface area (Å²) in [6.07, 6.45) is 1.30. The van der Waals surface area contributed by atoms with Gasteiger partial charge in [-0.2, -0.15) is 0 Å². The lowest BCUT2D eigenvalue weighted by Crippen LogP contribution is -2.48. The Labute approximate surface area is 128 Å². The highest BCUT2D eigenvalue weighted by Gasteiger charge is 2.34. The zero-order valence-corrected chi connectivity index (χ0v) is 12.6. The number of urea groups is 1. The fraction of sp³-hybridized carbons (Fsp3) is 0.500. The van der Waals surface area contributed by atoms with E-state index in [2.05, 4.69) is 15.6 Å². The van der Waals surface area contributed by atoms with Gasteiger partial charge in [-0.25, -0.2) is 14.6 Å². The van der Waals surface area contributed by atoms with Gasteiger partial charge in [-0.15, -0.1) is 0 Å². The van der Waals surface area contributed by atoms with Gasteiger partial charge < -0.3 is 25.4 Å². The molecule has 1 aliphatic heterocycles. The number of aromatic nitrogens is 1. The molecular formula is C14H20N4O4. The standard InChI is InChI=1S/C14H20N4O4/c1-3-15-14(21)17-11-7-18(8-12(11)22-2)9-4-5-16-10(6-9)13(19)20/h4-6,11-12H,3,7-8H2,1-2H3,(H,19,20)(H2,15,17,21)/t11-,12-/m1/s1. The molecular weight excluding hydrogens is 288 g/mol. The highest BCUT2D eigenvalue weighted by Crippen LogP contribution is 2.22. The average Bonchev–Trinajstić information content (AvgIpc) is 2.90. The number of carboxylic acids is 1. The van der Waals surface area contributed by atoms with Gasteiger partial charge in [0.25, 0.3) is 0 Å². The first-order valence-corrected chi connectivity index (χ1v) is 7.06. The fourth-order valence-corrected chi connectivity index (χ4v) is 2.48. The molecule has 8 nitrogen and oxygen atoms in total. The number of hydrogen-bond acceptors (Lipinski definition) is 5. The normalized spacial score (nSPS) is 20.7. The van der Waals surface area contributed by atoms with E-state index in [1.54, 1.807) is 13.2 Å². The van der Waals surface area contributed by atoms with E-state index in [1.807, 2.05) is 11.8 Å². The molecule has 0 spiro atoms. The zero-order chi connectivity index (χ0) is 16.1. The van der Waals surface area contributed by atoms with Crippen LogP contribution >= 0.6 is 0 Å². The predicted octanol–water partition coefficient (Wildman–Crippen LogP) is 0.303. The lowest BCUT2D eigenvalue weighted by atomic mass is 10.2. The van der Waals surface area contributed by atoms with Crippen LogP contribution in [0.15, 0.2) is 18.3 Å². The quantitative estimate of drug-likeness (QED) is 0.723. The highest BCUT2D eigenvalue weighted by atomic mass is 16.5. The van der Waals surface area contributed by atoms with Crippen LogP contribution in [0.1, 0.15) is 17.4 Å². The van der Waals surface area contributed by atoms with Gasteiger partial charge >= 0.3 is 12.0 Å². The molecule has 2 atom stereocenters. The third kappa shape index (κ3) is 3.64. The van der Waals surface area contributed by atoms with Gasteiger partial charge in [-0.3, -0.25) is 0 Å². The third-order valence-electron chi connectivity index (χ3n) is 3.55. The van der Waals surface area contributed by atoms with E-state index in [4.69, 9.17) is 9.84 Å². The summed E-state index contributed by atoms with van der Waals surface area (Å²) in [6, 6.07) is 2.85. The first-order valence-electron chi connectivity index (χ1n) is 7.06. The van der Waals surface area contributed by atoms with Crippen LogP contribution < -0.4 is 15.5 Å². The summed E-state index contributed by atoms with van der Waals surface area (Å²) < 4.78 is 5.42. The number of hydrogen-bond donors (Lipinski definition) is 3. The molecule has 22 heavy (non-hydrogen) atoms. The van der Waals surface area contributed by atoms with Crippen molar-refractivity contribution in [2.24, 2.45) is 0 Å². The summed E-state index contributed by atoms with van der Waals surface area (Å²) in [5, 5.41) is 14.6. The van der Waals surface area contributed by atoms with Crippen LogP contribution in [-0.4, -0.2) is 61.0 Å². The molecule has 0 bridgehead atoms. The van der Waals surface area contributed by atoms with Crippen LogP contribution in [0.3, 0.4) is 0 Å². The minimum atomic E-state index is -1.07. The molecule has 1 aromatic rings. The van der Waals surface area contributed by atoms with Crippen molar-refractivity contribution in [1.82, 2.24) is 15.6 Å². The van der Waals surface area contributed by atoms with Crippen molar-refractivity contribution in [3.8, 4) is 0 Å². The molecule has 2 rings (SSSR count). The largest absolute Gasteiger partial charge is 0.477 e. The number of carboxylic acid groups (broad SMARTS) is 1. The number of carbonyl (C=O) groups excluding carboxylic acids is 1. The van der Waals surface area contributed by atoms with Crippen LogP contribution in [0.5, 0.6) is 0 Å². The number of ether oxygens (including phenoxy) is 1. The Morgan fingerprint density at radius 3 is 2.91 bits per heavy atom. The Hall–Kier alpha value is -2.35. The Bertz CT molecular complexity index is 551. The average molecular weight is 308 g/mol. The minimum Gasteiger partial charge on any atom is -0.477 e. The molecule has 0 radical (unpaired) electrons. The van der Waals surface area contributed by atoms with Gasteiger partial charge in [0.15, 0.2) is 0 Å². The molecule has 120 valence electrons. The molecule has 0 unspecified atom stereocenters. The van der Waals surface area contributed by atoms with Crippen molar-refractivity contribution in [3.05, 3.63) is 24.0 Å². The number of nitrogens with one attached hydrogen (secondary N) is 2. The monoisotopic (exact) mass is 308 g/mol. The number of anilines is 1. The SMILES string of the molecule is CCNC(=O)N[C@@H]1CN(c2ccnc(C(=O)O)c2)C[C@H]1OC. The van der Waals surface area contributed by atoms with E-state index in [0.29, 0.717) is 19.6 Å². The summed E-state index contributed by atoms with van der Waals surface area (Å²) >= 11 is 0. The second kappa shape index (κ2) is 7.08. The summed E-state index contributed by atoms with van der Waals surface area (Å²) in [5.74, 6) is -1.07. The van der Waals surface area contributed by atoms with Crippen LogP contribution in [-0.2, 0) is 4.74 Å². The third-order valence-corrected chi connectivity index (χ3v) is 3.55. The lowest BCUT2D eigenvalue weighted by molar-refractivity contribution is 0.0690. The molecule has 8 heteroatoms. The molecule has 2 heterocycles. The molecule has 2 amide bonds. The van der Waals surface area contributed by atoms with Gasteiger partial charge in [0.05, 0.1) is 12.1 Å². The molecule has 1 fully saturated rings. The summed E-state index contributed by atoms with van der Waals surface area (Å²) in [4.78, 5) is 28.4. The second-order valence-corrected chi connectivity index (χ2v) is 4.99. The maximum Gasteiger partial charge on any atom is 0.354 e. The number of amides is 2. The van der Waals surface area contributed by atoms with E-state index in [-0.39, 0.29) is 23.9 Å². The Morgan fingerprint density at radius 2 is 2.27 bits per heavy atom. The second-order valence-electron chi connectivity index (χ2n) is 4.99. The Balaban J connectivity index is 2.09. The van der Waals surface area contributed by atoms with Crippen molar-refractivity contribution >= 4 is 17.7 Å². The summed E-state index contributed by atoms with van der Waals surface area (Å²) in [7, 11) is 1.59. The number of pyridine rings is 1. The Kier molecular flexibility index (Phi) is 5.16. The first kappa shape index (κ1) is 16.0. The predicted molar refractivity (Wildman–Crippen MR) is 80.2 cm³/mol. The van der Waals surface area contributed by atoms with Crippen molar-refractivity contribution in [3.63, 3.8) is 0 Å². The van der Waals surface area contributed by atoms with Gasteiger partial charge in [-0.05, 0) is 19.1 Å². The first-order chi connectivity index (χ1) is 10.5. The highest BCUT2D eigenvalue weighted by molar-refractivity contribution is 5.86. The maximum atomic E-state index is 11.7. The number of nitrogens with zero attached hydrogens (tertiary/aromatic N) is 2.